The van der Waals surface area contributed by atoms with E-state index in [0.29, 0.717) is 16.8 Å². The summed E-state index contributed by atoms with van der Waals surface area (Å²) in [5.41, 5.74) is 4.19. The minimum atomic E-state index is -0.949. The van der Waals surface area contributed by atoms with Crippen LogP contribution in [-0.2, 0) is 16.0 Å². The van der Waals surface area contributed by atoms with Crippen molar-refractivity contribution in [3.8, 4) is 0 Å². The van der Waals surface area contributed by atoms with E-state index in [1.807, 2.05) is 43.3 Å². The van der Waals surface area contributed by atoms with Gasteiger partial charge in [0, 0.05) is 29.7 Å². The fourth-order valence-electron chi connectivity index (χ4n) is 5.27. The molecule has 0 radical (unpaired) electrons. The van der Waals surface area contributed by atoms with Gasteiger partial charge >= 0.3 is 0 Å². The number of rotatable bonds is 7. The van der Waals surface area contributed by atoms with Crippen LogP contribution in [0, 0.1) is 12.7 Å². The summed E-state index contributed by atoms with van der Waals surface area (Å²) in [5.74, 6) is -1.04. The fourth-order valence-corrected chi connectivity index (χ4v) is 5.27. The molecule has 0 aliphatic heterocycles. The molecule has 1 atom stereocenters. The Bertz CT molecular complexity index is 1410. The summed E-state index contributed by atoms with van der Waals surface area (Å²) in [6.07, 6.45) is 8.60. The molecule has 0 saturated heterocycles. The van der Waals surface area contributed by atoms with Gasteiger partial charge in [0.1, 0.15) is 11.9 Å². The number of benzene rings is 2. The molecule has 37 heavy (non-hydrogen) atoms. The van der Waals surface area contributed by atoms with Crippen molar-refractivity contribution in [3.05, 3.63) is 95.6 Å². The van der Waals surface area contributed by atoms with Crippen LogP contribution < -0.4 is 10.2 Å². The lowest BCUT2D eigenvalue weighted by atomic mass is 9.93. The highest BCUT2D eigenvalue weighted by Gasteiger charge is 2.35. The van der Waals surface area contributed by atoms with Gasteiger partial charge in [0.2, 0.25) is 11.8 Å². The molecule has 2 aromatic heterocycles. The number of nitrogens with zero attached hydrogens (tertiary/aromatic N) is 2. The molecular weight excluding hydrogens is 467 g/mol. The summed E-state index contributed by atoms with van der Waals surface area (Å²) in [5, 5.41) is 3.21. The molecule has 2 aromatic carbocycles. The van der Waals surface area contributed by atoms with E-state index in [2.05, 4.69) is 15.3 Å². The van der Waals surface area contributed by atoms with Crippen molar-refractivity contribution in [3.63, 3.8) is 0 Å². The number of nitrogens with one attached hydrogen (secondary N) is 2. The van der Waals surface area contributed by atoms with Crippen LogP contribution in [0.3, 0.4) is 0 Å². The van der Waals surface area contributed by atoms with Crippen molar-refractivity contribution < 1.29 is 14.0 Å². The molecule has 4 aromatic rings. The summed E-state index contributed by atoms with van der Waals surface area (Å²) < 4.78 is 14.4. The number of fused-ring (bicyclic) bond motifs is 1. The van der Waals surface area contributed by atoms with E-state index in [0.717, 1.165) is 42.3 Å². The lowest BCUT2D eigenvalue weighted by Gasteiger charge is -2.34. The van der Waals surface area contributed by atoms with E-state index in [9.17, 15) is 14.0 Å². The van der Waals surface area contributed by atoms with Crippen LogP contribution in [-0.4, -0.2) is 27.8 Å². The number of anilines is 1. The number of amides is 2. The summed E-state index contributed by atoms with van der Waals surface area (Å²) in [7, 11) is 0. The maximum Gasteiger partial charge on any atom is 0.248 e. The highest BCUT2D eigenvalue weighted by atomic mass is 19.1. The third kappa shape index (κ3) is 5.40. The zero-order valence-corrected chi connectivity index (χ0v) is 20.9. The Hall–Kier alpha value is -4.00. The molecule has 7 heteroatoms. The molecular formula is C30H31FN4O2. The Kier molecular flexibility index (Phi) is 7.30. The molecule has 2 amide bonds. The number of carbonyl (C=O) groups excluding carboxylic acids is 2. The number of aromatic nitrogens is 2. The number of hydrogen-bond donors (Lipinski definition) is 2. The second kappa shape index (κ2) is 10.9. The van der Waals surface area contributed by atoms with Crippen molar-refractivity contribution in [1.29, 1.82) is 0 Å². The predicted octanol–water partition coefficient (Wildman–Crippen LogP) is 5.78. The largest absolute Gasteiger partial charge is 0.360 e. The van der Waals surface area contributed by atoms with Crippen LogP contribution >= 0.6 is 0 Å². The Balaban J connectivity index is 1.57. The van der Waals surface area contributed by atoms with Crippen LogP contribution in [0.1, 0.15) is 54.8 Å². The van der Waals surface area contributed by atoms with E-state index < -0.39 is 11.9 Å². The van der Waals surface area contributed by atoms with Crippen LogP contribution in [0.2, 0.25) is 0 Å². The van der Waals surface area contributed by atoms with Crippen molar-refractivity contribution >= 4 is 28.5 Å². The van der Waals surface area contributed by atoms with Gasteiger partial charge in [0.15, 0.2) is 0 Å². The number of carbonyl (C=O) groups is 2. The molecule has 0 bridgehead atoms. The zero-order valence-electron chi connectivity index (χ0n) is 20.9. The molecule has 6 nitrogen and oxygen atoms in total. The molecule has 5 rings (SSSR count). The molecule has 2 N–H and O–H groups in total. The van der Waals surface area contributed by atoms with Gasteiger partial charge in [0.25, 0.3) is 0 Å². The Labute approximate surface area is 215 Å². The Morgan fingerprint density at radius 1 is 1.08 bits per heavy atom. The summed E-state index contributed by atoms with van der Waals surface area (Å²) in [4.78, 5) is 37.1. The van der Waals surface area contributed by atoms with Gasteiger partial charge < -0.3 is 10.3 Å². The van der Waals surface area contributed by atoms with Gasteiger partial charge in [-0.3, -0.25) is 19.5 Å². The average Bonchev–Trinajstić information content (AvgIpc) is 3.31. The molecule has 0 spiro atoms. The van der Waals surface area contributed by atoms with E-state index >= 15 is 0 Å². The molecule has 1 saturated carbocycles. The summed E-state index contributed by atoms with van der Waals surface area (Å²) >= 11 is 0. The average molecular weight is 499 g/mol. The topological polar surface area (TPSA) is 78.1 Å². The lowest BCUT2D eigenvalue weighted by Crippen LogP contribution is -2.48. The van der Waals surface area contributed by atoms with Gasteiger partial charge in [0.05, 0.1) is 17.5 Å². The number of H-pyrrole nitrogens is 1. The van der Waals surface area contributed by atoms with Crippen LogP contribution in [0.25, 0.3) is 11.0 Å². The minimum Gasteiger partial charge on any atom is -0.360 e. The van der Waals surface area contributed by atoms with E-state index in [1.54, 1.807) is 24.5 Å². The van der Waals surface area contributed by atoms with Gasteiger partial charge in [-0.05, 0) is 61.2 Å². The van der Waals surface area contributed by atoms with Gasteiger partial charge in [-0.2, -0.15) is 0 Å². The second-order valence-corrected chi connectivity index (χ2v) is 9.74. The fraction of sp³-hybridized carbons (Fsp3) is 0.300. The highest BCUT2D eigenvalue weighted by molar-refractivity contribution is 6.03. The van der Waals surface area contributed by atoms with Crippen molar-refractivity contribution in [1.82, 2.24) is 15.3 Å². The quantitative estimate of drug-likeness (QED) is 0.339. The number of halogens is 1. The molecule has 1 unspecified atom stereocenters. The summed E-state index contributed by atoms with van der Waals surface area (Å²) in [6, 6.07) is 16.3. The second-order valence-electron chi connectivity index (χ2n) is 9.74. The highest BCUT2D eigenvalue weighted by Crippen LogP contribution is 2.32. The number of aromatic amines is 1. The maximum absolute atomic E-state index is 14.4. The molecule has 1 aliphatic carbocycles. The van der Waals surface area contributed by atoms with E-state index in [4.69, 9.17) is 0 Å². The molecule has 2 heterocycles. The first-order valence-electron chi connectivity index (χ1n) is 12.9. The monoisotopic (exact) mass is 498 g/mol. The van der Waals surface area contributed by atoms with Gasteiger partial charge in [-0.1, -0.05) is 49.6 Å². The van der Waals surface area contributed by atoms with Gasteiger partial charge in [-0.15, -0.1) is 0 Å². The number of hydrogen-bond acceptors (Lipinski definition) is 3. The van der Waals surface area contributed by atoms with Gasteiger partial charge in [-0.25, -0.2) is 4.39 Å². The van der Waals surface area contributed by atoms with Crippen molar-refractivity contribution in [2.45, 2.75) is 57.5 Å². The minimum absolute atomic E-state index is 0.00656. The van der Waals surface area contributed by atoms with Crippen molar-refractivity contribution in [2.24, 2.45) is 0 Å². The van der Waals surface area contributed by atoms with E-state index in [1.165, 1.54) is 23.5 Å². The SMILES string of the molecule is Cc1ccccc1C(C(=O)NC1CCCCC1)N(C(=O)Cc1c[nH]c2cccnc12)c1cccc(F)c1. The maximum atomic E-state index is 14.4. The first-order valence-corrected chi connectivity index (χ1v) is 12.9. The Morgan fingerprint density at radius 3 is 2.68 bits per heavy atom. The smallest absolute Gasteiger partial charge is 0.248 e. The Morgan fingerprint density at radius 2 is 1.89 bits per heavy atom. The van der Waals surface area contributed by atoms with Crippen LogP contribution in [0.15, 0.2) is 73.1 Å². The number of pyridine rings is 1. The molecule has 190 valence electrons. The number of aryl methyl sites for hydroxylation is 1. The lowest BCUT2D eigenvalue weighted by molar-refractivity contribution is -0.127. The normalized spacial score (nSPS) is 14.9. The first kappa shape index (κ1) is 24.7. The van der Waals surface area contributed by atoms with Crippen LogP contribution in [0.5, 0.6) is 0 Å². The van der Waals surface area contributed by atoms with Crippen LogP contribution in [0.4, 0.5) is 10.1 Å². The third-order valence-corrected chi connectivity index (χ3v) is 7.15. The van der Waals surface area contributed by atoms with Crippen molar-refractivity contribution in [2.75, 3.05) is 4.90 Å². The first-order chi connectivity index (χ1) is 18.0. The zero-order chi connectivity index (χ0) is 25.8. The third-order valence-electron chi connectivity index (χ3n) is 7.15. The molecule has 1 aliphatic rings. The standard InChI is InChI=1S/C30H31FN4O2/c1-20-9-5-6-14-25(20)29(30(37)34-23-11-3-2-4-12-23)35(24-13-7-10-22(31)18-24)27(36)17-21-19-33-26-15-8-16-32-28(21)26/h5-10,13-16,18-19,23,29,33H,2-4,11-12,17H2,1H3,(H,34,37). The molecule has 1 fully saturated rings. The predicted molar refractivity (Wildman–Crippen MR) is 143 cm³/mol. The summed E-state index contributed by atoms with van der Waals surface area (Å²) in [6.45, 7) is 1.92. The van der Waals surface area contributed by atoms with E-state index in [-0.39, 0.29) is 24.3 Å².